The van der Waals surface area contributed by atoms with Crippen LogP contribution in [0.1, 0.15) is 60.3 Å². The number of nitrogens with zero attached hydrogens (tertiary/aromatic N) is 4. The highest BCUT2D eigenvalue weighted by Gasteiger charge is 2.39. The standard InChI is InChI=1S/C27H24ClF3N6O3/c1-26(25(39)40)9-6-15(7-10-26)23-36-20(21-22(32)34-13-18(28)37(21)23)14-2-4-16(5-3-14)24(38)35-19-12-17(8-11-33-19)27(29,30)31/h2-5,8,11-13,15H,6-7,9-10H2,1H3,(H2,32,34)(H,39,40)(H,33,35,38). The Morgan fingerprint density at radius 1 is 1.15 bits per heavy atom. The van der Waals surface area contributed by atoms with Gasteiger partial charge in [-0.3, -0.25) is 14.0 Å². The zero-order valence-corrected chi connectivity index (χ0v) is 21.9. The molecule has 9 nitrogen and oxygen atoms in total. The molecule has 1 aliphatic rings. The summed E-state index contributed by atoms with van der Waals surface area (Å²) in [5.74, 6) is -0.900. The molecule has 0 bridgehead atoms. The smallest absolute Gasteiger partial charge is 0.416 e. The van der Waals surface area contributed by atoms with Crippen molar-refractivity contribution in [1.29, 1.82) is 0 Å². The lowest BCUT2D eigenvalue weighted by molar-refractivity contribution is -0.150. The fraction of sp³-hybridized carbons (Fsp3) is 0.296. The largest absolute Gasteiger partial charge is 0.481 e. The summed E-state index contributed by atoms with van der Waals surface area (Å²) in [4.78, 5) is 37.2. The topological polar surface area (TPSA) is 135 Å². The van der Waals surface area contributed by atoms with Crippen molar-refractivity contribution in [2.24, 2.45) is 5.41 Å². The van der Waals surface area contributed by atoms with E-state index in [9.17, 15) is 27.9 Å². The third-order valence-corrected chi connectivity index (χ3v) is 7.66. The van der Waals surface area contributed by atoms with Crippen molar-refractivity contribution in [3.8, 4) is 11.3 Å². The third-order valence-electron chi connectivity index (χ3n) is 7.39. The predicted molar refractivity (Wildman–Crippen MR) is 142 cm³/mol. The number of carboxylic acids is 1. The van der Waals surface area contributed by atoms with Crippen molar-refractivity contribution >= 4 is 40.6 Å². The predicted octanol–water partition coefficient (Wildman–Crippen LogP) is 6.05. The monoisotopic (exact) mass is 572 g/mol. The highest BCUT2D eigenvalue weighted by molar-refractivity contribution is 6.30. The molecular formula is C27H24ClF3N6O3. The van der Waals surface area contributed by atoms with Gasteiger partial charge in [0.15, 0.2) is 0 Å². The number of benzene rings is 1. The van der Waals surface area contributed by atoms with Crippen molar-refractivity contribution in [2.45, 2.75) is 44.7 Å². The number of fused-ring (bicyclic) bond motifs is 1. The van der Waals surface area contributed by atoms with Gasteiger partial charge in [0.05, 0.1) is 17.2 Å². The number of anilines is 2. The molecule has 1 fully saturated rings. The van der Waals surface area contributed by atoms with Crippen molar-refractivity contribution in [3.05, 3.63) is 70.9 Å². The van der Waals surface area contributed by atoms with E-state index in [0.717, 1.165) is 18.3 Å². The number of nitrogen functional groups attached to an aromatic ring is 1. The van der Waals surface area contributed by atoms with E-state index in [1.54, 1.807) is 23.5 Å². The van der Waals surface area contributed by atoms with E-state index in [1.807, 2.05) is 0 Å². The lowest BCUT2D eigenvalue weighted by Gasteiger charge is -2.33. The maximum atomic E-state index is 13.0. The molecule has 0 spiro atoms. The highest BCUT2D eigenvalue weighted by atomic mass is 35.5. The van der Waals surface area contributed by atoms with Gasteiger partial charge in [-0.1, -0.05) is 23.7 Å². The van der Waals surface area contributed by atoms with Crippen LogP contribution in [0.5, 0.6) is 0 Å². The van der Waals surface area contributed by atoms with E-state index in [4.69, 9.17) is 22.3 Å². The average Bonchev–Trinajstić information content (AvgIpc) is 3.33. The molecule has 3 aromatic heterocycles. The van der Waals surface area contributed by atoms with Crippen LogP contribution in [0, 0.1) is 5.41 Å². The van der Waals surface area contributed by atoms with Gasteiger partial charge in [0.2, 0.25) is 0 Å². The molecule has 0 saturated heterocycles. The second kappa shape index (κ2) is 10.1. The van der Waals surface area contributed by atoms with Crippen LogP contribution >= 0.6 is 11.6 Å². The number of alkyl halides is 3. The molecule has 0 atom stereocenters. The van der Waals surface area contributed by atoms with E-state index in [0.29, 0.717) is 53.4 Å². The molecule has 0 unspecified atom stereocenters. The van der Waals surface area contributed by atoms with E-state index in [-0.39, 0.29) is 23.1 Å². The Bertz CT molecular complexity index is 1610. The Balaban J connectivity index is 1.44. The molecule has 40 heavy (non-hydrogen) atoms. The van der Waals surface area contributed by atoms with Crippen molar-refractivity contribution in [1.82, 2.24) is 19.4 Å². The number of aromatic nitrogens is 4. The summed E-state index contributed by atoms with van der Waals surface area (Å²) >= 11 is 6.53. The van der Waals surface area contributed by atoms with Gasteiger partial charge in [0.25, 0.3) is 5.91 Å². The van der Waals surface area contributed by atoms with Gasteiger partial charge in [0.1, 0.15) is 33.8 Å². The summed E-state index contributed by atoms with van der Waals surface area (Å²) in [6, 6.07) is 7.88. The average molecular weight is 573 g/mol. The molecule has 208 valence electrons. The molecule has 4 N–H and O–H groups in total. The van der Waals surface area contributed by atoms with Gasteiger partial charge in [-0.15, -0.1) is 0 Å². The first-order valence-electron chi connectivity index (χ1n) is 12.4. The number of imidazole rings is 1. The van der Waals surface area contributed by atoms with Crippen LogP contribution in [0.15, 0.2) is 48.8 Å². The number of hydrogen-bond acceptors (Lipinski definition) is 6. The minimum atomic E-state index is -4.57. The van der Waals surface area contributed by atoms with Gasteiger partial charge < -0.3 is 16.2 Å². The molecule has 1 saturated carbocycles. The highest BCUT2D eigenvalue weighted by Crippen LogP contribution is 2.44. The van der Waals surface area contributed by atoms with Gasteiger partial charge in [-0.25, -0.2) is 15.0 Å². The van der Waals surface area contributed by atoms with E-state index in [2.05, 4.69) is 15.3 Å². The molecular weight excluding hydrogens is 549 g/mol. The summed E-state index contributed by atoms with van der Waals surface area (Å²) in [6.07, 6.45) is 0.00777. The molecule has 1 aromatic carbocycles. The molecule has 0 radical (unpaired) electrons. The maximum Gasteiger partial charge on any atom is 0.416 e. The minimum absolute atomic E-state index is 0.0574. The Hall–Kier alpha value is -4.19. The van der Waals surface area contributed by atoms with Crippen molar-refractivity contribution in [3.63, 3.8) is 0 Å². The van der Waals surface area contributed by atoms with Gasteiger partial charge >= 0.3 is 12.1 Å². The Kier molecular flexibility index (Phi) is 6.90. The maximum absolute atomic E-state index is 13.0. The fourth-order valence-corrected chi connectivity index (χ4v) is 5.20. The number of pyridine rings is 1. The quantitative estimate of drug-likeness (QED) is 0.265. The molecule has 4 aromatic rings. The van der Waals surface area contributed by atoms with Crippen LogP contribution in [0.25, 0.3) is 16.8 Å². The number of aliphatic carboxylic acids is 1. The van der Waals surface area contributed by atoms with Crippen LogP contribution in [-0.2, 0) is 11.0 Å². The summed E-state index contributed by atoms with van der Waals surface area (Å²) in [5, 5.41) is 12.3. The number of amides is 1. The summed E-state index contributed by atoms with van der Waals surface area (Å²) in [6.45, 7) is 1.75. The minimum Gasteiger partial charge on any atom is -0.481 e. The van der Waals surface area contributed by atoms with E-state index < -0.39 is 29.0 Å². The molecule has 1 aliphatic carbocycles. The lowest BCUT2D eigenvalue weighted by atomic mass is 9.71. The number of nitrogens with one attached hydrogen (secondary N) is 1. The first kappa shape index (κ1) is 27.4. The second-order valence-electron chi connectivity index (χ2n) is 10.1. The van der Waals surface area contributed by atoms with E-state index in [1.165, 1.54) is 18.3 Å². The molecule has 1 amide bonds. The van der Waals surface area contributed by atoms with Gasteiger partial charge in [-0.05, 0) is 56.9 Å². The summed E-state index contributed by atoms with van der Waals surface area (Å²) in [7, 11) is 0. The number of halogens is 4. The first-order chi connectivity index (χ1) is 18.9. The SMILES string of the molecule is CC1(C(=O)O)CCC(c2nc(-c3ccc(C(=O)Nc4cc(C(F)(F)F)ccn4)cc3)c3c(N)ncc(Cl)n23)CC1. The summed E-state index contributed by atoms with van der Waals surface area (Å²) < 4.78 is 40.7. The number of hydrogen-bond donors (Lipinski definition) is 3. The Labute approximate surface area is 231 Å². The second-order valence-corrected chi connectivity index (χ2v) is 10.5. The Morgan fingerprint density at radius 2 is 1.82 bits per heavy atom. The van der Waals surface area contributed by atoms with E-state index >= 15 is 0 Å². The van der Waals surface area contributed by atoms with Gasteiger partial charge in [0, 0.05) is 23.2 Å². The zero-order valence-electron chi connectivity index (χ0n) is 21.2. The molecule has 0 aliphatic heterocycles. The lowest BCUT2D eigenvalue weighted by Crippen LogP contribution is -2.32. The van der Waals surface area contributed by atoms with Gasteiger partial charge in [-0.2, -0.15) is 13.2 Å². The van der Waals surface area contributed by atoms with Crippen molar-refractivity contribution < 1.29 is 27.9 Å². The zero-order chi connectivity index (χ0) is 28.8. The fourth-order valence-electron chi connectivity index (χ4n) is 4.98. The molecule has 3 heterocycles. The molecule has 5 rings (SSSR count). The van der Waals surface area contributed by atoms with Crippen molar-refractivity contribution in [2.75, 3.05) is 11.1 Å². The number of carbonyl (C=O) groups excluding carboxylic acids is 1. The van der Waals surface area contributed by atoms with Crippen LogP contribution in [0.3, 0.4) is 0 Å². The number of rotatable bonds is 5. The van der Waals surface area contributed by atoms with Crippen LogP contribution < -0.4 is 11.1 Å². The van der Waals surface area contributed by atoms with Crippen LogP contribution in [0.2, 0.25) is 5.15 Å². The first-order valence-corrected chi connectivity index (χ1v) is 12.8. The normalized spacial score (nSPS) is 19.5. The molecule has 13 heteroatoms. The summed E-state index contributed by atoms with van der Waals surface area (Å²) in [5.41, 5.74) is 6.29. The number of nitrogens with two attached hydrogens (primary N) is 1. The number of carbonyl (C=O) groups is 2. The number of carboxylic acid groups (broad SMARTS) is 1. The van der Waals surface area contributed by atoms with Crippen LogP contribution in [-0.4, -0.2) is 36.3 Å². The van der Waals surface area contributed by atoms with Crippen LogP contribution in [0.4, 0.5) is 24.8 Å². The third kappa shape index (κ3) is 5.06. The Morgan fingerprint density at radius 3 is 2.45 bits per heavy atom.